The van der Waals surface area contributed by atoms with E-state index in [-0.39, 0.29) is 12.2 Å². The molecule has 0 radical (unpaired) electrons. The molecule has 0 aliphatic carbocycles. The summed E-state index contributed by atoms with van der Waals surface area (Å²) in [4.78, 5) is 0. The molecule has 176 valence electrons. The number of unbranched alkanes of at least 4 members (excludes halogenated alkanes) is 2. The van der Waals surface area contributed by atoms with Crippen molar-refractivity contribution < 1.29 is 26.6 Å². The molecule has 0 saturated heterocycles. The molecule has 0 amide bonds. The van der Waals surface area contributed by atoms with E-state index in [1.54, 1.807) is 0 Å². The maximum Gasteiger partial charge on any atom is 0.595 e. The first kappa shape index (κ1) is 29.2. The topological polar surface area (TPSA) is 67.4 Å². The molecule has 29 heavy (non-hydrogen) atoms. The van der Waals surface area contributed by atoms with Crippen LogP contribution < -0.4 is 4.65 Å². The van der Waals surface area contributed by atoms with Gasteiger partial charge in [-0.15, -0.1) is 0 Å². The van der Waals surface area contributed by atoms with Crippen molar-refractivity contribution in [3.63, 3.8) is 0 Å². The Bertz CT molecular complexity index is 346. The minimum absolute atomic E-state index is 0.000292. The van der Waals surface area contributed by atoms with Crippen LogP contribution in [0.1, 0.15) is 93.9 Å². The Labute approximate surface area is 182 Å². The molecule has 0 bridgehead atoms. The van der Waals surface area contributed by atoms with Crippen molar-refractivity contribution in [1.82, 2.24) is 4.65 Å². The molecule has 0 aromatic rings. The Kier molecular flexibility index (Phi) is 16.9. The summed E-state index contributed by atoms with van der Waals surface area (Å²) in [5, 5.41) is 0. The highest BCUT2D eigenvalue weighted by molar-refractivity contribution is 6.75. The quantitative estimate of drug-likeness (QED) is 0.266. The van der Waals surface area contributed by atoms with E-state index < -0.39 is 17.9 Å². The van der Waals surface area contributed by atoms with Gasteiger partial charge in [0.05, 0.1) is 0 Å². The monoisotopic (exact) mass is 453 g/mol. The van der Waals surface area contributed by atoms with Gasteiger partial charge in [0.15, 0.2) is 0 Å². The minimum atomic E-state index is -3.28. The van der Waals surface area contributed by atoms with Gasteiger partial charge in [-0.05, 0) is 54.4 Å². The summed E-state index contributed by atoms with van der Waals surface area (Å²) in [6.45, 7) is 18.1. The zero-order chi connectivity index (χ0) is 22.2. The van der Waals surface area contributed by atoms with Crippen molar-refractivity contribution >= 4 is 17.9 Å². The van der Waals surface area contributed by atoms with Gasteiger partial charge in [-0.1, -0.05) is 39.5 Å². The summed E-state index contributed by atoms with van der Waals surface area (Å²) < 4.78 is 40.7. The maximum absolute atomic E-state index is 6.41. The molecular weight excluding hydrogens is 406 g/mol. The zero-order valence-electron chi connectivity index (χ0n) is 20.2. The summed E-state index contributed by atoms with van der Waals surface area (Å²) in [6, 6.07) is 0. The van der Waals surface area contributed by atoms with E-state index in [0.717, 1.165) is 38.5 Å². The van der Waals surface area contributed by atoms with Crippen molar-refractivity contribution in [3.8, 4) is 0 Å². The highest BCUT2D eigenvalue weighted by Crippen LogP contribution is 2.21. The predicted octanol–water partition coefficient (Wildman–Crippen LogP) is 4.78. The average Bonchev–Trinajstić information content (AvgIpc) is 2.65. The summed E-state index contributed by atoms with van der Waals surface area (Å²) >= 11 is 0. The van der Waals surface area contributed by atoms with Gasteiger partial charge in [-0.3, -0.25) is 0 Å². The number of rotatable bonds is 20. The van der Waals surface area contributed by atoms with Crippen molar-refractivity contribution in [1.29, 1.82) is 0 Å². The number of nitrogens with one attached hydrogen (secondary N) is 1. The van der Waals surface area contributed by atoms with Gasteiger partial charge in [0.2, 0.25) is 0 Å². The average molecular weight is 454 g/mol. The Balaban J connectivity index is 5.71. The van der Waals surface area contributed by atoms with Crippen LogP contribution in [0.4, 0.5) is 0 Å². The van der Waals surface area contributed by atoms with Crippen molar-refractivity contribution in [2.45, 2.75) is 106 Å². The molecule has 0 spiro atoms. The van der Waals surface area contributed by atoms with Gasteiger partial charge < -0.3 is 26.6 Å². The highest BCUT2D eigenvalue weighted by atomic mass is 28.5. The van der Waals surface area contributed by atoms with Crippen LogP contribution in [-0.2, 0) is 26.6 Å². The lowest BCUT2D eigenvalue weighted by Crippen LogP contribution is -2.74. The molecule has 0 saturated carbocycles. The molecule has 9 heteroatoms. The molecule has 0 aromatic heterocycles. The third kappa shape index (κ3) is 11.9. The van der Waals surface area contributed by atoms with Gasteiger partial charge >= 0.3 is 17.9 Å². The van der Waals surface area contributed by atoms with E-state index in [1.165, 1.54) is 0 Å². The normalized spacial score (nSPS) is 14.9. The Hall–Kier alpha value is 0.154. The fourth-order valence-electron chi connectivity index (χ4n) is 3.00. The van der Waals surface area contributed by atoms with Gasteiger partial charge in [0.1, 0.15) is 0 Å². The first-order chi connectivity index (χ1) is 13.9. The van der Waals surface area contributed by atoms with Crippen molar-refractivity contribution in [2.75, 3.05) is 26.4 Å². The summed E-state index contributed by atoms with van der Waals surface area (Å²) in [5.41, 5.74) is 0. The van der Waals surface area contributed by atoms with E-state index in [1.807, 2.05) is 27.7 Å². The van der Waals surface area contributed by atoms with Crippen LogP contribution in [0.15, 0.2) is 0 Å². The van der Waals surface area contributed by atoms with Crippen LogP contribution in [0.3, 0.4) is 0 Å². The van der Waals surface area contributed by atoms with Crippen LogP contribution in [0, 0.1) is 0 Å². The predicted molar refractivity (Wildman–Crippen MR) is 121 cm³/mol. The Morgan fingerprint density at radius 2 is 0.897 bits per heavy atom. The standard InChI is InChI=1S/C20H47NO6Si2/c1-9-15-17-19(7)26-28(22-11-3,23-12-4)21-29(24-13-5,25-14-6)27-20(8)18-16-10-2/h19-21H,9-18H2,1-8H3. The molecule has 0 fully saturated rings. The van der Waals surface area contributed by atoms with Crippen molar-refractivity contribution in [2.24, 2.45) is 0 Å². The second kappa shape index (κ2) is 16.8. The summed E-state index contributed by atoms with van der Waals surface area (Å²) in [6.07, 6.45) is 6.31. The SMILES string of the molecule is CCCCC(C)O[Si](N[Si](OCC)(OCC)OC(C)CCCC)(OCC)OCC. The number of hydrogen-bond acceptors (Lipinski definition) is 7. The fourth-order valence-corrected chi connectivity index (χ4v) is 9.38. The van der Waals surface area contributed by atoms with Crippen LogP contribution in [-0.4, -0.2) is 56.6 Å². The lowest BCUT2D eigenvalue weighted by Gasteiger charge is -2.38. The molecule has 2 atom stereocenters. The van der Waals surface area contributed by atoms with E-state index in [4.69, 9.17) is 26.6 Å². The van der Waals surface area contributed by atoms with E-state index in [9.17, 15) is 0 Å². The molecule has 7 nitrogen and oxygen atoms in total. The first-order valence-electron chi connectivity index (χ1n) is 11.6. The molecule has 0 aromatic carbocycles. The van der Waals surface area contributed by atoms with Gasteiger partial charge in [-0.2, -0.15) is 0 Å². The second-order valence-corrected chi connectivity index (χ2v) is 12.0. The molecule has 0 aliphatic heterocycles. The summed E-state index contributed by atoms with van der Waals surface area (Å²) in [5.74, 6) is 0. The second-order valence-electron chi connectivity index (χ2n) is 7.11. The lowest BCUT2D eigenvalue weighted by molar-refractivity contribution is -0.00150. The minimum Gasteiger partial charge on any atom is -0.362 e. The van der Waals surface area contributed by atoms with Crippen molar-refractivity contribution in [3.05, 3.63) is 0 Å². The maximum atomic E-state index is 6.41. The molecule has 0 aliphatic rings. The highest BCUT2D eigenvalue weighted by Gasteiger charge is 2.57. The molecule has 0 rings (SSSR count). The Morgan fingerprint density at radius 1 is 0.586 bits per heavy atom. The van der Waals surface area contributed by atoms with Crippen LogP contribution in [0.5, 0.6) is 0 Å². The van der Waals surface area contributed by atoms with E-state index in [0.29, 0.717) is 26.4 Å². The van der Waals surface area contributed by atoms with Crippen LogP contribution >= 0.6 is 0 Å². The fraction of sp³-hybridized carbons (Fsp3) is 1.00. The third-order valence-corrected chi connectivity index (χ3v) is 10.8. The number of hydrogen-bond donors (Lipinski definition) is 1. The van der Waals surface area contributed by atoms with Crippen LogP contribution in [0.2, 0.25) is 0 Å². The molecule has 1 N–H and O–H groups in total. The van der Waals surface area contributed by atoms with Gasteiger partial charge in [0, 0.05) is 38.6 Å². The Morgan fingerprint density at radius 3 is 1.14 bits per heavy atom. The molecular formula is C20H47NO6Si2. The summed E-state index contributed by atoms with van der Waals surface area (Å²) in [7, 11) is -6.56. The lowest BCUT2D eigenvalue weighted by atomic mass is 10.2. The van der Waals surface area contributed by atoms with E-state index in [2.05, 4.69) is 32.3 Å². The largest absolute Gasteiger partial charge is 0.595 e. The molecule has 2 unspecified atom stereocenters. The zero-order valence-corrected chi connectivity index (χ0v) is 22.2. The van der Waals surface area contributed by atoms with Gasteiger partial charge in [0.25, 0.3) is 0 Å². The van der Waals surface area contributed by atoms with E-state index >= 15 is 0 Å². The van der Waals surface area contributed by atoms with Crippen LogP contribution in [0.25, 0.3) is 0 Å². The first-order valence-corrected chi connectivity index (χ1v) is 15.0. The smallest absolute Gasteiger partial charge is 0.362 e. The van der Waals surface area contributed by atoms with Gasteiger partial charge in [-0.25, -0.2) is 4.65 Å². The molecule has 0 heterocycles. The third-order valence-electron chi connectivity index (χ3n) is 4.28.